The number of hydrogen-bond acceptors (Lipinski definition) is 3. The van der Waals surface area contributed by atoms with Crippen molar-refractivity contribution in [3.63, 3.8) is 0 Å². The highest BCUT2D eigenvalue weighted by atomic mass is 79.9. The largest absolute Gasteiger partial charge is 0.352 e. The van der Waals surface area contributed by atoms with Crippen molar-refractivity contribution in [2.75, 3.05) is 6.54 Å². The first-order chi connectivity index (χ1) is 8.49. The summed E-state index contributed by atoms with van der Waals surface area (Å²) in [6.07, 6.45) is 1.14. The fourth-order valence-corrected chi connectivity index (χ4v) is 2.19. The molecule has 6 heteroatoms. The van der Waals surface area contributed by atoms with Crippen LogP contribution in [0.15, 0.2) is 22.7 Å². The minimum atomic E-state index is -0.510. The summed E-state index contributed by atoms with van der Waals surface area (Å²) in [5.41, 5.74) is 0.223. The molecule has 1 aromatic rings. The Hall–Kier alpha value is -1.43. The van der Waals surface area contributed by atoms with Crippen LogP contribution >= 0.6 is 15.9 Å². The maximum absolute atomic E-state index is 11.8. The van der Waals surface area contributed by atoms with E-state index in [1.165, 1.54) is 12.1 Å². The summed E-state index contributed by atoms with van der Waals surface area (Å²) in [5, 5.41) is 13.6. The Bertz CT molecular complexity index is 504. The van der Waals surface area contributed by atoms with Crippen molar-refractivity contribution in [2.24, 2.45) is 11.8 Å². The van der Waals surface area contributed by atoms with Crippen molar-refractivity contribution in [3.8, 4) is 0 Å². The van der Waals surface area contributed by atoms with E-state index in [2.05, 4.69) is 28.2 Å². The smallest absolute Gasteiger partial charge is 0.284 e. The Balaban J connectivity index is 2.05. The van der Waals surface area contributed by atoms with Gasteiger partial charge >= 0.3 is 0 Å². The standard InChI is InChI=1S/C12H13BrN2O3/c1-7-4-9(7)6-14-12(16)8-2-3-10(13)11(5-8)15(17)18/h2-3,5,7,9H,4,6H2,1H3,(H,14,16). The number of nitro groups is 1. The van der Waals surface area contributed by atoms with Crippen LogP contribution in [0.3, 0.4) is 0 Å². The van der Waals surface area contributed by atoms with E-state index >= 15 is 0 Å². The number of halogens is 1. The molecule has 1 fully saturated rings. The van der Waals surface area contributed by atoms with E-state index < -0.39 is 4.92 Å². The minimum absolute atomic E-state index is 0.0950. The molecular weight excluding hydrogens is 300 g/mol. The van der Waals surface area contributed by atoms with Crippen molar-refractivity contribution in [1.29, 1.82) is 0 Å². The zero-order valence-electron chi connectivity index (χ0n) is 9.85. The molecule has 2 rings (SSSR count). The van der Waals surface area contributed by atoms with Gasteiger partial charge in [-0.1, -0.05) is 6.92 Å². The Morgan fingerprint density at radius 2 is 2.28 bits per heavy atom. The number of carbonyl (C=O) groups is 1. The van der Waals surface area contributed by atoms with E-state index in [1.807, 2.05) is 0 Å². The van der Waals surface area contributed by atoms with Crippen LogP contribution in [0.5, 0.6) is 0 Å². The predicted molar refractivity (Wildman–Crippen MR) is 70.4 cm³/mol. The van der Waals surface area contributed by atoms with Gasteiger partial charge in [0.05, 0.1) is 9.40 Å². The molecule has 1 aliphatic rings. The normalized spacial score (nSPS) is 21.4. The summed E-state index contributed by atoms with van der Waals surface area (Å²) in [5.74, 6) is 0.966. The summed E-state index contributed by atoms with van der Waals surface area (Å²) in [6.45, 7) is 2.78. The molecule has 1 N–H and O–H groups in total. The Morgan fingerprint density at radius 3 is 2.83 bits per heavy atom. The van der Waals surface area contributed by atoms with Crippen LogP contribution in [0.2, 0.25) is 0 Å². The van der Waals surface area contributed by atoms with Crippen molar-refractivity contribution >= 4 is 27.5 Å². The van der Waals surface area contributed by atoms with Crippen molar-refractivity contribution in [1.82, 2.24) is 5.32 Å². The van der Waals surface area contributed by atoms with Gasteiger partial charge in [0.2, 0.25) is 0 Å². The number of nitrogens with one attached hydrogen (secondary N) is 1. The number of amides is 1. The molecule has 0 aliphatic heterocycles. The zero-order chi connectivity index (χ0) is 13.3. The molecule has 1 amide bonds. The fourth-order valence-electron chi connectivity index (χ4n) is 1.80. The van der Waals surface area contributed by atoms with Crippen molar-refractivity contribution < 1.29 is 9.72 Å². The molecule has 2 unspecified atom stereocenters. The number of nitro benzene ring substituents is 1. The maximum atomic E-state index is 11.8. The summed E-state index contributed by atoms with van der Waals surface area (Å²) < 4.78 is 0.375. The average molecular weight is 313 g/mol. The van der Waals surface area contributed by atoms with Gasteiger partial charge in [0.15, 0.2) is 0 Å². The van der Waals surface area contributed by atoms with Gasteiger partial charge in [-0.15, -0.1) is 0 Å². The van der Waals surface area contributed by atoms with E-state index in [4.69, 9.17) is 0 Å². The molecule has 1 saturated carbocycles. The van der Waals surface area contributed by atoms with Crippen molar-refractivity contribution in [2.45, 2.75) is 13.3 Å². The molecule has 0 aromatic heterocycles. The number of rotatable bonds is 4. The molecule has 0 spiro atoms. The van der Waals surface area contributed by atoms with E-state index in [0.717, 1.165) is 6.42 Å². The molecule has 0 radical (unpaired) electrons. The third-order valence-corrected chi connectivity index (χ3v) is 3.88. The summed E-state index contributed by atoms with van der Waals surface area (Å²) in [4.78, 5) is 22.1. The highest BCUT2D eigenvalue weighted by molar-refractivity contribution is 9.10. The highest BCUT2D eigenvalue weighted by Gasteiger charge is 2.32. The third-order valence-electron chi connectivity index (χ3n) is 3.21. The van der Waals surface area contributed by atoms with Crippen LogP contribution in [0.4, 0.5) is 5.69 Å². The van der Waals surface area contributed by atoms with Gasteiger partial charge in [0.25, 0.3) is 11.6 Å². The van der Waals surface area contributed by atoms with Crippen LogP contribution in [0.1, 0.15) is 23.7 Å². The quantitative estimate of drug-likeness (QED) is 0.686. The Kier molecular flexibility index (Phi) is 3.65. The molecule has 18 heavy (non-hydrogen) atoms. The van der Waals surface area contributed by atoms with E-state index in [9.17, 15) is 14.9 Å². The second-order valence-corrected chi connectivity index (χ2v) is 5.46. The van der Waals surface area contributed by atoms with Gasteiger partial charge in [-0.2, -0.15) is 0 Å². The van der Waals surface area contributed by atoms with Crippen LogP contribution in [0.25, 0.3) is 0 Å². The number of hydrogen-bond donors (Lipinski definition) is 1. The number of carbonyl (C=O) groups excluding carboxylic acids is 1. The lowest BCUT2D eigenvalue weighted by Gasteiger charge is -2.05. The SMILES string of the molecule is CC1CC1CNC(=O)c1ccc(Br)c([N+](=O)[O-])c1. The third kappa shape index (κ3) is 2.87. The first-order valence-corrected chi connectivity index (χ1v) is 6.50. The lowest BCUT2D eigenvalue weighted by molar-refractivity contribution is -0.385. The lowest BCUT2D eigenvalue weighted by Crippen LogP contribution is -2.25. The van der Waals surface area contributed by atoms with Gasteiger partial charge in [-0.3, -0.25) is 14.9 Å². The predicted octanol–water partition coefficient (Wildman–Crippen LogP) is 2.74. The fraction of sp³-hybridized carbons (Fsp3) is 0.417. The zero-order valence-corrected chi connectivity index (χ0v) is 11.4. The molecule has 5 nitrogen and oxygen atoms in total. The molecular formula is C12H13BrN2O3. The first-order valence-electron chi connectivity index (χ1n) is 5.71. The van der Waals surface area contributed by atoms with E-state index in [0.29, 0.717) is 28.4 Å². The highest BCUT2D eigenvalue weighted by Crippen LogP contribution is 2.36. The van der Waals surface area contributed by atoms with Gasteiger partial charge < -0.3 is 5.32 Å². The molecule has 1 aliphatic carbocycles. The molecule has 0 saturated heterocycles. The Morgan fingerprint density at radius 1 is 1.61 bits per heavy atom. The topological polar surface area (TPSA) is 72.2 Å². The first kappa shape index (κ1) is 13.0. The molecule has 0 heterocycles. The van der Waals surface area contributed by atoms with E-state index in [-0.39, 0.29) is 11.6 Å². The minimum Gasteiger partial charge on any atom is -0.352 e. The summed E-state index contributed by atoms with van der Waals surface area (Å²) >= 11 is 3.09. The number of nitrogens with zero attached hydrogens (tertiary/aromatic N) is 1. The molecule has 96 valence electrons. The van der Waals surface area contributed by atoms with Crippen LogP contribution in [-0.4, -0.2) is 17.4 Å². The average Bonchev–Trinajstić information content (AvgIpc) is 3.02. The van der Waals surface area contributed by atoms with Gasteiger partial charge in [0, 0.05) is 18.2 Å². The number of benzene rings is 1. The molecule has 1 aromatic carbocycles. The molecule has 2 atom stereocenters. The van der Waals surface area contributed by atoms with Gasteiger partial charge in [0.1, 0.15) is 0 Å². The van der Waals surface area contributed by atoms with Crippen LogP contribution < -0.4 is 5.32 Å². The second-order valence-electron chi connectivity index (χ2n) is 4.61. The maximum Gasteiger partial charge on any atom is 0.284 e. The second kappa shape index (κ2) is 5.06. The van der Waals surface area contributed by atoms with Crippen LogP contribution in [0, 0.1) is 22.0 Å². The molecule has 0 bridgehead atoms. The Labute approximate surface area is 113 Å². The summed E-state index contributed by atoms with van der Waals surface area (Å²) in [7, 11) is 0. The van der Waals surface area contributed by atoms with Crippen LogP contribution in [-0.2, 0) is 0 Å². The monoisotopic (exact) mass is 312 g/mol. The van der Waals surface area contributed by atoms with Crippen molar-refractivity contribution in [3.05, 3.63) is 38.3 Å². The van der Waals surface area contributed by atoms with Gasteiger partial charge in [-0.05, 0) is 46.3 Å². The lowest BCUT2D eigenvalue weighted by atomic mass is 10.2. The van der Waals surface area contributed by atoms with E-state index in [1.54, 1.807) is 6.07 Å². The summed E-state index contributed by atoms with van der Waals surface area (Å²) in [6, 6.07) is 4.38. The van der Waals surface area contributed by atoms with Gasteiger partial charge in [-0.25, -0.2) is 0 Å².